The zero-order valence-electron chi connectivity index (χ0n) is 14.3. The second-order valence-electron chi connectivity index (χ2n) is 7.24. The molecular formula is C19H28N2OS. The Balaban J connectivity index is 1.57. The number of carbonyl (C=O) groups is 1. The van der Waals surface area contributed by atoms with E-state index >= 15 is 0 Å². The SMILES string of the molecule is CC1CSCCN1C(=O)C1(C)CCN(Cc2ccccc2)CC1. The second-order valence-corrected chi connectivity index (χ2v) is 8.39. The summed E-state index contributed by atoms with van der Waals surface area (Å²) in [5.74, 6) is 2.57. The summed E-state index contributed by atoms with van der Waals surface area (Å²) in [6, 6.07) is 11.0. The number of thioether (sulfide) groups is 1. The summed E-state index contributed by atoms with van der Waals surface area (Å²) in [6.07, 6.45) is 1.96. The van der Waals surface area contributed by atoms with Crippen molar-refractivity contribution in [2.24, 2.45) is 5.41 Å². The van der Waals surface area contributed by atoms with E-state index in [9.17, 15) is 4.79 Å². The first kappa shape index (κ1) is 16.8. The molecule has 0 saturated carbocycles. The molecule has 2 aliphatic rings. The monoisotopic (exact) mass is 332 g/mol. The highest BCUT2D eigenvalue weighted by Crippen LogP contribution is 2.35. The molecule has 1 aromatic rings. The molecule has 126 valence electrons. The molecule has 2 fully saturated rings. The molecule has 2 heterocycles. The Morgan fingerprint density at radius 3 is 2.57 bits per heavy atom. The average molecular weight is 333 g/mol. The smallest absolute Gasteiger partial charge is 0.228 e. The van der Waals surface area contributed by atoms with Crippen molar-refractivity contribution in [1.82, 2.24) is 9.80 Å². The Morgan fingerprint density at radius 1 is 1.22 bits per heavy atom. The maximum absolute atomic E-state index is 13.0. The lowest BCUT2D eigenvalue weighted by atomic mass is 9.78. The summed E-state index contributed by atoms with van der Waals surface area (Å²) in [4.78, 5) is 17.7. The highest BCUT2D eigenvalue weighted by molar-refractivity contribution is 7.99. The quantitative estimate of drug-likeness (QED) is 0.849. The zero-order chi connectivity index (χ0) is 16.3. The predicted molar refractivity (Wildman–Crippen MR) is 97.6 cm³/mol. The largest absolute Gasteiger partial charge is 0.338 e. The summed E-state index contributed by atoms with van der Waals surface area (Å²) in [5.41, 5.74) is 1.20. The number of hydrogen-bond donors (Lipinski definition) is 0. The van der Waals surface area contributed by atoms with Gasteiger partial charge in [-0.1, -0.05) is 37.3 Å². The Bertz CT molecular complexity index is 525. The van der Waals surface area contributed by atoms with Crippen LogP contribution < -0.4 is 0 Å². The van der Waals surface area contributed by atoms with E-state index in [-0.39, 0.29) is 5.41 Å². The standard InChI is InChI=1S/C19H28N2OS/c1-16-15-23-13-12-21(16)18(22)19(2)8-10-20(11-9-19)14-17-6-4-3-5-7-17/h3-7,16H,8-15H2,1-2H3. The van der Waals surface area contributed by atoms with Gasteiger partial charge in [-0.15, -0.1) is 0 Å². The van der Waals surface area contributed by atoms with Crippen LogP contribution in [0.2, 0.25) is 0 Å². The Hall–Kier alpha value is -1.00. The maximum Gasteiger partial charge on any atom is 0.228 e. The number of rotatable bonds is 3. The van der Waals surface area contributed by atoms with Crippen LogP contribution in [0.4, 0.5) is 0 Å². The van der Waals surface area contributed by atoms with E-state index in [4.69, 9.17) is 0 Å². The predicted octanol–water partition coefficient (Wildman–Crippen LogP) is 3.25. The van der Waals surface area contributed by atoms with Gasteiger partial charge in [-0.2, -0.15) is 11.8 Å². The summed E-state index contributed by atoms with van der Waals surface area (Å²) in [5, 5.41) is 0. The van der Waals surface area contributed by atoms with E-state index in [1.807, 2.05) is 11.8 Å². The lowest BCUT2D eigenvalue weighted by molar-refractivity contribution is -0.145. The van der Waals surface area contributed by atoms with Crippen LogP contribution in [0.3, 0.4) is 0 Å². The van der Waals surface area contributed by atoms with Crippen LogP contribution in [-0.2, 0) is 11.3 Å². The summed E-state index contributed by atoms with van der Waals surface area (Å²) < 4.78 is 0. The first-order valence-corrected chi connectivity index (χ1v) is 9.89. The molecule has 1 aromatic carbocycles. The summed E-state index contributed by atoms with van der Waals surface area (Å²) in [7, 11) is 0. The zero-order valence-corrected chi connectivity index (χ0v) is 15.1. The molecule has 3 rings (SSSR count). The molecule has 1 unspecified atom stereocenters. The minimum atomic E-state index is -0.163. The van der Waals surface area contributed by atoms with Crippen LogP contribution in [0, 0.1) is 5.41 Å². The van der Waals surface area contributed by atoms with E-state index in [0.717, 1.165) is 50.5 Å². The second kappa shape index (κ2) is 7.27. The Kier molecular flexibility index (Phi) is 5.32. The molecule has 2 saturated heterocycles. The highest BCUT2D eigenvalue weighted by Gasteiger charge is 2.41. The van der Waals surface area contributed by atoms with Crippen LogP contribution in [0.25, 0.3) is 0 Å². The van der Waals surface area contributed by atoms with E-state index in [2.05, 4.69) is 54.0 Å². The molecule has 0 N–H and O–H groups in total. The fraction of sp³-hybridized carbons (Fsp3) is 0.632. The molecule has 3 nitrogen and oxygen atoms in total. The minimum absolute atomic E-state index is 0.163. The van der Waals surface area contributed by atoms with Crippen molar-refractivity contribution in [3.05, 3.63) is 35.9 Å². The number of amides is 1. The normalized spacial score (nSPS) is 25.3. The Morgan fingerprint density at radius 2 is 1.91 bits per heavy atom. The van der Waals surface area contributed by atoms with Gasteiger partial charge in [-0.05, 0) is 38.4 Å². The number of hydrogen-bond acceptors (Lipinski definition) is 3. The molecule has 0 radical (unpaired) electrons. The van der Waals surface area contributed by atoms with E-state index in [0.29, 0.717) is 11.9 Å². The van der Waals surface area contributed by atoms with Crippen LogP contribution >= 0.6 is 11.8 Å². The first-order chi connectivity index (χ1) is 11.1. The topological polar surface area (TPSA) is 23.6 Å². The van der Waals surface area contributed by atoms with Gasteiger partial charge in [0.15, 0.2) is 0 Å². The summed E-state index contributed by atoms with van der Waals surface area (Å²) >= 11 is 1.97. The number of benzene rings is 1. The molecule has 0 spiro atoms. The third-order valence-electron chi connectivity index (χ3n) is 5.35. The maximum atomic E-state index is 13.0. The van der Waals surface area contributed by atoms with Gasteiger partial charge in [0.25, 0.3) is 0 Å². The fourth-order valence-electron chi connectivity index (χ4n) is 3.64. The van der Waals surface area contributed by atoms with Gasteiger partial charge in [0.1, 0.15) is 0 Å². The van der Waals surface area contributed by atoms with Crippen molar-refractivity contribution in [2.45, 2.75) is 39.3 Å². The van der Waals surface area contributed by atoms with Gasteiger partial charge in [0.2, 0.25) is 5.91 Å². The van der Waals surface area contributed by atoms with Crippen molar-refractivity contribution < 1.29 is 4.79 Å². The van der Waals surface area contributed by atoms with E-state index < -0.39 is 0 Å². The van der Waals surface area contributed by atoms with Gasteiger partial charge >= 0.3 is 0 Å². The van der Waals surface area contributed by atoms with Crippen molar-refractivity contribution >= 4 is 17.7 Å². The van der Waals surface area contributed by atoms with Crippen LogP contribution in [0.5, 0.6) is 0 Å². The van der Waals surface area contributed by atoms with Crippen LogP contribution in [0.15, 0.2) is 30.3 Å². The summed E-state index contributed by atoms with van der Waals surface area (Å²) in [6.45, 7) is 8.35. The van der Waals surface area contributed by atoms with Gasteiger partial charge in [0, 0.05) is 36.1 Å². The van der Waals surface area contributed by atoms with Gasteiger partial charge < -0.3 is 4.90 Å². The van der Waals surface area contributed by atoms with Crippen molar-refractivity contribution in [3.63, 3.8) is 0 Å². The van der Waals surface area contributed by atoms with Gasteiger partial charge in [0.05, 0.1) is 0 Å². The highest BCUT2D eigenvalue weighted by atomic mass is 32.2. The fourth-order valence-corrected chi connectivity index (χ4v) is 4.65. The Labute approximate surface area is 144 Å². The van der Waals surface area contributed by atoms with Crippen molar-refractivity contribution in [1.29, 1.82) is 0 Å². The first-order valence-electron chi connectivity index (χ1n) is 8.74. The third kappa shape index (κ3) is 3.92. The number of carbonyl (C=O) groups excluding carboxylic acids is 1. The van der Waals surface area contributed by atoms with E-state index in [1.54, 1.807) is 0 Å². The van der Waals surface area contributed by atoms with Crippen LogP contribution in [0.1, 0.15) is 32.3 Å². The molecule has 0 aliphatic carbocycles. The molecule has 0 bridgehead atoms. The van der Waals surface area contributed by atoms with Gasteiger partial charge in [-0.3, -0.25) is 9.69 Å². The molecule has 23 heavy (non-hydrogen) atoms. The number of nitrogens with zero attached hydrogens (tertiary/aromatic N) is 2. The van der Waals surface area contributed by atoms with E-state index in [1.165, 1.54) is 5.56 Å². The molecular weight excluding hydrogens is 304 g/mol. The van der Waals surface area contributed by atoms with Gasteiger partial charge in [-0.25, -0.2) is 0 Å². The lowest BCUT2D eigenvalue weighted by Crippen LogP contribution is -2.53. The molecule has 0 aromatic heterocycles. The minimum Gasteiger partial charge on any atom is -0.338 e. The molecule has 4 heteroatoms. The van der Waals surface area contributed by atoms with Crippen molar-refractivity contribution in [2.75, 3.05) is 31.1 Å². The van der Waals surface area contributed by atoms with Crippen LogP contribution in [-0.4, -0.2) is 52.9 Å². The average Bonchev–Trinajstić information content (AvgIpc) is 2.58. The molecule has 2 aliphatic heterocycles. The lowest BCUT2D eigenvalue weighted by Gasteiger charge is -2.44. The number of piperidine rings is 1. The molecule has 1 atom stereocenters. The third-order valence-corrected chi connectivity index (χ3v) is 6.54. The molecule has 1 amide bonds. The van der Waals surface area contributed by atoms with Crippen molar-refractivity contribution in [3.8, 4) is 0 Å². The number of likely N-dealkylation sites (tertiary alicyclic amines) is 1.